The number of anilines is 1. The summed E-state index contributed by atoms with van der Waals surface area (Å²) >= 11 is 1.39. The Labute approximate surface area is 151 Å². The molecule has 7 heteroatoms. The molecule has 1 aromatic carbocycles. The first-order valence-electron chi connectivity index (χ1n) is 8.57. The molecule has 1 unspecified atom stereocenters. The van der Waals surface area contributed by atoms with Gasteiger partial charge >= 0.3 is 0 Å². The smallest absolute Gasteiger partial charge is 0.226 e. The van der Waals surface area contributed by atoms with E-state index in [4.69, 9.17) is 9.47 Å². The summed E-state index contributed by atoms with van der Waals surface area (Å²) in [5.74, 6) is 0.811. The number of amides is 1. The van der Waals surface area contributed by atoms with Crippen molar-refractivity contribution in [2.75, 3.05) is 18.5 Å². The maximum absolute atomic E-state index is 12.0. The molecule has 1 aliphatic rings. The highest BCUT2D eigenvalue weighted by Gasteiger charge is 2.22. The lowest BCUT2D eigenvalue weighted by Crippen LogP contribution is -2.12. The van der Waals surface area contributed by atoms with E-state index < -0.39 is 0 Å². The van der Waals surface area contributed by atoms with Gasteiger partial charge in [-0.15, -0.1) is 10.2 Å². The normalized spacial score (nSPS) is 16.8. The van der Waals surface area contributed by atoms with Crippen molar-refractivity contribution >= 4 is 22.4 Å². The topological polar surface area (TPSA) is 73.3 Å². The lowest BCUT2D eigenvalue weighted by Gasteiger charge is -2.10. The first kappa shape index (κ1) is 17.8. The van der Waals surface area contributed by atoms with Gasteiger partial charge in [0.25, 0.3) is 0 Å². The maximum atomic E-state index is 12.0. The van der Waals surface area contributed by atoms with E-state index in [1.807, 2.05) is 19.1 Å². The summed E-state index contributed by atoms with van der Waals surface area (Å²) < 4.78 is 11.3. The minimum Gasteiger partial charge on any atom is -0.493 e. The van der Waals surface area contributed by atoms with Gasteiger partial charge in [-0.25, -0.2) is 0 Å². The average Bonchev–Trinajstić information content (AvgIpc) is 3.26. The lowest BCUT2D eigenvalue weighted by molar-refractivity contribution is -0.116. The average molecular weight is 361 g/mol. The molecule has 0 spiro atoms. The van der Waals surface area contributed by atoms with Crippen LogP contribution in [0.15, 0.2) is 18.2 Å². The van der Waals surface area contributed by atoms with Crippen LogP contribution in [0.1, 0.15) is 47.9 Å². The van der Waals surface area contributed by atoms with Crippen LogP contribution in [0.3, 0.4) is 0 Å². The minimum atomic E-state index is -0.0698. The number of nitrogens with zero attached hydrogens (tertiary/aromatic N) is 2. The van der Waals surface area contributed by atoms with Gasteiger partial charge in [0.1, 0.15) is 16.9 Å². The summed E-state index contributed by atoms with van der Waals surface area (Å²) in [4.78, 5) is 12.0. The molecule has 1 N–H and O–H groups in total. The van der Waals surface area contributed by atoms with Crippen LogP contribution in [0, 0.1) is 13.8 Å². The first-order chi connectivity index (χ1) is 12.1. The quantitative estimate of drug-likeness (QED) is 0.759. The molecule has 1 fully saturated rings. The van der Waals surface area contributed by atoms with Gasteiger partial charge in [-0.05, 0) is 50.3 Å². The molecule has 3 rings (SSSR count). The first-order valence-corrected chi connectivity index (χ1v) is 9.39. The third kappa shape index (κ3) is 4.76. The summed E-state index contributed by atoms with van der Waals surface area (Å²) in [5, 5.41) is 12.3. The molecule has 2 aromatic rings. The van der Waals surface area contributed by atoms with E-state index >= 15 is 0 Å². The molecule has 2 heterocycles. The van der Waals surface area contributed by atoms with Crippen LogP contribution in [0.25, 0.3) is 0 Å². The molecular weight excluding hydrogens is 338 g/mol. The Morgan fingerprint density at radius 1 is 1.40 bits per heavy atom. The fourth-order valence-corrected chi connectivity index (χ4v) is 3.51. The van der Waals surface area contributed by atoms with Crippen LogP contribution in [0.4, 0.5) is 5.13 Å². The van der Waals surface area contributed by atoms with E-state index in [0.29, 0.717) is 24.6 Å². The number of hydrogen-bond acceptors (Lipinski definition) is 6. The molecule has 1 amide bonds. The molecule has 0 saturated carbocycles. The number of carbonyl (C=O) groups excluding carboxylic acids is 1. The fourth-order valence-electron chi connectivity index (χ4n) is 2.66. The number of hydrogen-bond donors (Lipinski definition) is 1. The predicted octanol–water partition coefficient (Wildman–Crippen LogP) is 3.80. The van der Waals surface area contributed by atoms with Gasteiger partial charge in [0.2, 0.25) is 11.0 Å². The van der Waals surface area contributed by atoms with Crippen LogP contribution in [-0.2, 0) is 9.53 Å². The monoisotopic (exact) mass is 361 g/mol. The zero-order valence-electron chi connectivity index (χ0n) is 14.6. The number of aromatic nitrogens is 2. The molecule has 1 aromatic heterocycles. The second-order valence-electron chi connectivity index (χ2n) is 6.15. The summed E-state index contributed by atoms with van der Waals surface area (Å²) in [6.45, 7) is 5.38. The van der Waals surface area contributed by atoms with Crippen LogP contribution in [-0.4, -0.2) is 29.3 Å². The number of nitrogens with one attached hydrogen (secondary N) is 1. The zero-order valence-corrected chi connectivity index (χ0v) is 15.4. The molecule has 25 heavy (non-hydrogen) atoms. The number of benzene rings is 1. The number of aryl methyl sites for hydroxylation is 1. The molecule has 1 atom stereocenters. The SMILES string of the molecule is Cc1cccc(OCCCC(=O)Nc2nnc(C3CCCO3)s2)c1C. The van der Waals surface area contributed by atoms with E-state index in [1.165, 1.54) is 16.9 Å². The standard InChI is InChI=1S/C18H23N3O3S/c1-12-6-3-7-14(13(12)2)23-11-5-9-16(22)19-18-21-20-17(25-18)15-8-4-10-24-15/h3,6-7,15H,4-5,8-11H2,1-2H3,(H,19,21,22). The van der Waals surface area contributed by atoms with Crippen LogP contribution in [0.5, 0.6) is 5.75 Å². The summed E-state index contributed by atoms with van der Waals surface area (Å²) in [6, 6.07) is 5.99. The second kappa shape index (κ2) is 8.40. The van der Waals surface area contributed by atoms with Crippen LogP contribution in [0.2, 0.25) is 0 Å². The molecule has 0 aliphatic carbocycles. The van der Waals surface area contributed by atoms with Gasteiger partial charge < -0.3 is 14.8 Å². The molecule has 6 nitrogen and oxygen atoms in total. The Kier molecular flexibility index (Phi) is 5.99. The van der Waals surface area contributed by atoms with E-state index in [2.05, 4.69) is 28.5 Å². The molecule has 1 aliphatic heterocycles. The molecule has 1 saturated heterocycles. The Morgan fingerprint density at radius 2 is 2.28 bits per heavy atom. The van der Waals surface area contributed by atoms with Crippen molar-refractivity contribution in [3.05, 3.63) is 34.3 Å². The number of rotatable bonds is 7. The van der Waals surface area contributed by atoms with E-state index in [0.717, 1.165) is 35.8 Å². The molecule has 0 radical (unpaired) electrons. The van der Waals surface area contributed by atoms with E-state index in [9.17, 15) is 4.79 Å². The van der Waals surface area contributed by atoms with Gasteiger partial charge in [0, 0.05) is 13.0 Å². The summed E-state index contributed by atoms with van der Waals surface area (Å²) in [5.41, 5.74) is 2.34. The Bertz CT molecular complexity index is 726. The highest BCUT2D eigenvalue weighted by atomic mass is 32.1. The second-order valence-corrected chi connectivity index (χ2v) is 7.15. The Hall–Kier alpha value is -1.99. The molecule has 134 valence electrons. The molecule has 0 bridgehead atoms. The Morgan fingerprint density at radius 3 is 3.08 bits per heavy atom. The zero-order chi connectivity index (χ0) is 17.6. The van der Waals surface area contributed by atoms with Gasteiger partial charge in [0.05, 0.1) is 6.61 Å². The van der Waals surface area contributed by atoms with Crippen molar-refractivity contribution < 1.29 is 14.3 Å². The van der Waals surface area contributed by atoms with Crippen LogP contribution < -0.4 is 10.1 Å². The predicted molar refractivity (Wildman–Crippen MR) is 97.1 cm³/mol. The maximum Gasteiger partial charge on any atom is 0.226 e. The van der Waals surface area contributed by atoms with Gasteiger partial charge in [-0.3, -0.25) is 4.79 Å². The largest absolute Gasteiger partial charge is 0.493 e. The van der Waals surface area contributed by atoms with Gasteiger partial charge in [-0.1, -0.05) is 23.5 Å². The van der Waals surface area contributed by atoms with Crippen molar-refractivity contribution in [2.24, 2.45) is 0 Å². The van der Waals surface area contributed by atoms with Crippen molar-refractivity contribution in [3.63, 3.8) is 0 Å². The Balaban J connectivity index is 1.40. The van der Waals surface area contributed by atoms with Crippen molar-refractivity contribution in [1.82, 2.24) is 10.2 Å². The lowest BCUT2D eigenvalue weighted by atomic mass is 10.1. The third-order valence-corrected chi connectivity index (χ3v) is 5.18. The van der Waals surface area contributed by atoms with Crippen molar-refractivity contribution in [1.29, 1.82) is 0 Å². The third-order valence-electron chi connectivity index (χ3n) is 4.25. The van der Waals surface area contributed by atoms with E-state index in [-0.39, 0.29) is 12.0 Å². The highest BCUT2D eigenvalue weighted by Crippen LogP contribution is 2.31. The highest BCUT2D eigenvalue weighted by molar-refractivity contribution is 7.15. The molecular formula is C18H23N3O3S. The summed E-state index contributed by atoms with van der Waals surface area (Å²) in [7, 11) is 0. The van der Waals surface area contributed by atoms with Gasteiger partial charge in [0.15, 0.2) is 0 Å². The number of carbonyl (C=O) groups is 1. The number of ether oxygens (including phenoxy) is 2. The van der Waals surface area contributed by atoms with Crippen LogP contribution >= 0.6 is 11.3 Å². The van der Waals surface area contributed by atoms with Crippen molar-refractivity contribution in [3.8, 4) is 5.75 Å². The summed E-state index contributed by atoms with van der Waals surface area (Å²) in [6.07, 6.45) is 3.09. The minimum absolute atomic E-state index is 0.0362. The van der Waals surface area contributed by atoms with Crippen molar-refractivity contribution in [2.45, 2.75) is 45.6 Å². The fraction of sp³-hybridized carbons (Fsp3) is 0.500. The van der Waals surface area contributed by atoms with Gasteiger partial charge in [-0.2, -0.15) is 0 Å². The van der Waals surface area contributed by atoms with E-state index in [1.54, 1.807) is 0 Å².